The summed E-state index contributed by atoms with van der Waals surface area (Å²) in [6, 6.07) is 8.16. The molecule has 0 radical (unpaired) electrons. The van der Waals surface area contributed by atoms with E-state index in [-0.39, 0.29) is 5.91 Å². The smallest absolute Gasteiger partial charge is 0.222 e. The molecule has 1 unspecified atom stereocenters. The van der Waals surface area contributed by atoms with E-state index in [4.69, 9.17) is 5.73 Å². The minimum Gasteiger partial charge on any atom is -0.399 e. The van der Waals surface area contributed by atoms with Crippen LogP contribution in [-0.4, -0.2) is 23.9 Å². The van der Waals surface area contributed by atoms with Gasteiger partial charge in [0.1, 0.15) is 0 Å². The number of carbonyl (C=O) groups is 1. The summed E-state index contributed by atoms with van der Waals surface area (Å²) in [6.45, 7) is 2.15. The van der Waals surface area contributed by atoms with E-state index in [1.54, 1.807) is 0 Å². The molecule has 18 heavy (non-hydrogen) atoms. The van der Waals surface area contributed by atoms with E-state index in [1.165, 1.54) is 12.8 Å². The number of benzene rings is 1. The van der Waals surface area contributed by atoms with Crippen LogP contribution < -0.4 is 5.73 Å². The minimum atomic E-state index is 0.233. The largest absolute Gasteiger partial charge is 0.399 e. The Kier molecular flexibility index (Phi) is 3.90. The highest BCUT2D eigenvalue weighted by atomic mass is 16.2. The topological polar surface area (TPSA) is 46.3 Å². The van der Waals surface area contributed by atoms with Gasteiger partial charge in [-0.1, -0.05) is 12.1 Å². The van der Waals surface area contributed by atoms with E-state index in [0.29, 0.717) is 12.5 Å². The van der Waals surface area contributed by atoms with Crippen LogP contribution in [0.25, 0.3) is 0 Å². The monoisotopic (exact) mass is 246 g/mol. The van der Waals surface area contributed by atoms with Crippen molar-refractivity contribution in [3.8, 4) is 0 Å². The first-order valence-corrected chi connectivity index (χ1v) is 6.68. The van der Waals surface area contributed by atoms with Crippen molar-refractivity contribution in [2.24, 2.45) is 5.92 Å². The van der Waals surface area contributed by atoms with Crippen LogP contribution in [0.4, 0.5) is 5.69 Å². The summed E-state index contributed by atoms with van der Waals surface area (Å²) in [5, 5.41) is 0. The molecule has 2 N–H and O–H groups in total. The molecular formula is C15H22N2O. The molecule has 1 aliphatic carbocycles. The average molecular weight is 246 g/mol. The summed E-state index contributed by atoms with van der Waals surface area (Å²) in [4.78, 5) is 14.0. The molecule has 1 aromatic rings. The van der Waals surface area contributed by atoms with Gasteiger partial charge in [-0.15, -0.1) is 0 Å². The van der Waals surface area contributed by atoms with E-state index >= 15 is 0 Å². The number of amides is 1. The quantitative estimate of drug-likeness (QED) is 0.811. The maximum absolute atomic E-state index is 12.1. The number of rotatable bonds is 5. The van der Waals surface area contributed by atoms with Crippen LogP contribution >= 0.6 is 0 Å². The lowest BCUT2D eigenvalue weighted by Gasteiger charge is -2.25. The lowest BCUT2D eigenvalue weighted by Crippen LogP contribution is -2.36. The fraction of sp³-hybridized carbons (Fsp3) is 0.533. The van der Waals surface area contributed by atoms with Crippen molar-refractivity contribution in [2.75, 3.05) is 12.8 Å². The maximum atomic E-state index is 12.1. The number of hydrogen-bond donors (Lipinski definition) is 1. The summed E-state index contributed by atoms with van der Waals surface area (Å²) < 4.78 is 0. The highest BCUT2D eigenvalue weighted by Crippen LogP contribution is 2.34. The molecule has 1 fully saturated rings. The first-order chi connectivity index (χ1) is 8.58. The Labute approximate surface area is 109 Å². The average Bonchev–Trinajstić information content (AvgIpc) is 3.18. The molecule has 98 valence electrons. The van der Waals surface area contributed by atoms with Crippen LogP contribution in [0.15, 0.2) is 24.3 Å². The zero-order valence-electron chi connectivity index (χ0n) is 11.2. The SMILES string of the molecule is CC(C1CC1)N(C)C(=O)CCc1cccc(N)c1. The predicted octanol–water partition coefficient (Wildman–Crippen LogP) is 2.46. The molecular weight excluding hydrogens is 224 g/mol. The van der Waals surface area contributed by atoms with Gasteiger partial charge in [0.25, 0.3) is 0 Å². The Morgan fingerprint density at radius 2 is 2.22 bits per heavy atom. The number of nitrogens with zero attached hydrogens (tertiary/aromatic N) is 1. The molecule has 1 amide bonds. The lowest BCUT2D eigenvalue weighted by atomic mass is 10.1. The number of nitrogens with two attached hydrogens (primary N) is 1. The maximum Gasteiger partial charge on any atom is 0.222 e. The minimum absolute atomic E-state index is 0.233. The van der Waals surface area contributed by atoms with Crippen LogP contribution in [0.1, 0.15) is 31.7 Å². The zero-order chi connectivity index (χ0) is 13.1. The highest BCUT2D eigenvalue weighted by Gasteiger charge is 2.32. The van der Waals surface area contributed by atoms with Crippen molar-refractivity contribution in [2.45, 2.75) is 38.6 Å². The lowest BCUT2D eigenvalue weighted by molar-refractivity contribution is -0.132. The van der Waals surface area contributed by atoms with Gasteiger partial charge >= 0.3 is 0 Å². The van der Waals surface area contributed by atoms with Gasteiger partial charge in [0, 0.05) is 25.2 Å². The van der Waals surface area contributed by atoms with E-state index in [2.05, 4.69) is 6.92 Å². The molecule has 0 saturated heterocycles. The molecule has 0 bridgehead atoms. The Balaban J connectivity index is 1.84. The summed E-state index contributed by atoms with van der Waals surface area (Å²) in [5.41, 5.74) is 7.62. The van der Waals surface area contributed by atoms with Crippen molar-refractivity contribution in [3.63, 3.8) is 0 Å². The predicted molar refractivity (Wildman–Crippen MR) is 74.1 cm³/mol. The standard InChI is InChI=1S/C15H22N2O/c1-11(13-7-8-13)17(2)15(18)9-6-12-4-3-5-14(16)10-12/h3-5,10-11,13H,6-9,16H2,1-2H3. The molecule has 0 aliphatic heterocycles. The normalized spacial score (nSPS) is 16.3. The highest BCUT2D eigenvalue weighted by molar-refractivity contribution is 5.76. The van der Waals surface area contributed by atoms with Crippen LogP contribution in [0, 0.1) is 5.92 Å². The molecule has 1 saturated carbocycles. The summed E-state index contributed by atoms with van der Waals surface area (Å²) in [5.74, 6) is 0.961. The van der Waals surface area contributed by atoms with Gasteiger partial charge in [0.2, 0.25) is 5.91 Å². The summed E-state index contributed by atoms with van der Waals surface area (Å²) >= 11 is 0. The molecule has 3 nitrogen and oxygen atoms in total. The first kappa shape index (κ1) is 12.9. The van der Waals surface area contributed by atoms with Gasteiger partial charge < -0.3 is 10.6 Å². The summed E-state index contributed by atoms with van der Waals surface area (Å²) in [7, 11) is 1.92. The van der Waals surface area contributed by atoms with Gasteiger partial charge in [-0.3, -0.25) is 4.79 Å². The van der Waals surface area contributed by atoms with Crippen molar-refractivity contribution < 1.29 is 4.79 Å². The number of nitrogen functional groups attached to an aromatic ring is 1. The van der Waals surface area contributed by atoms with Gasteiger partial charge in [0.05, 0.1) is 0 Å². The van der Waals surface area contributed by atoms with Gasteiger partial charge in [-0.2, -0.15) is 0 Å². The van der Waals surface area contributed by atoms with Crippen molar-refractivity contribution in [1.29, 1.82) is 0 Å². The second-order valence-electron chi connectivity index (χ2n) is 5.33. The van der Waals surface area contributed by atoms with Gasteiger partial charge in [-0.25, -0.2) is 0 Å². The third-order valence-corrected chi connectivity index (χ3v) is 3.89. The molecule has 3 heteroatoms. The van der Waals surface area contributed by atoms with Crippen LogP contribution in [0.2, 0.25) is 0 Å². The molecule has 1 atom stereocenters. The third kappa shape index (κ3) is 3.25. The fourth-order valence-electron chi connectivity index (χ4n) is 2.30. The molecule has 1 aromatic carbocycles. The number of hydrogen-bond acceptors (Lipinski definition) is 2. The molecule has 0 aromatic heterocycles. The Morgan fingerprint density at radius 3 is 2.83 bits per heavy atom. The van der Waals surface area contributed by atoms with E-state index in [9.17, 15) is 4.79 Å². The Bertz CT molecular complexity index is 426. The van der Waals surface area contributed by atoms with Crippen LogP contribution in [-0.2, 0) is 11.2 Å². The third-order valence-electron chi connectivity index (χ3n) is 3.89. The summed E-state index contributed by atoms with van der Waals surface area (Å²) in [6.07, 6.45) is 3.88. The molecule has 0 heterocycles. The van der Waals surface area contributed by atoms with E-state index in [0.717, 1.165) is 23.6 Å². The molecule has 0 spiro atoms. The van der Waals surface area contributed by atoms with Crippen molar-refractivity contribution in [3.05, 3.63) is 29.8 Å². The number of anilines is 1. The number of aryl methyl sites for hydroxylation is 1. The molecule has 2 rings (SSSR count). The molecule has 1 aliphatic rings. The Hall–Kier alpha value is -1.51. The van der Waals surface area contributed by atoms with Gasteiger partial charge in [0.15, 0.2) is 0 Å². The van der Waals surface area contributed by atoms with Crippen molar-refractivity contribution >= 4 is 11.6 Å². The first-order valence-electron chi connectivity index (χ1n) is 6.68. The van der Waals surface area contributed by atoms with Gasteiger partial charge in [-0.05, 0) is 49.8 Å². The van der Waals surface area contributed by atoms with Crippen LogP contribution in [0.5, 0.6) is 0 Å². The number of carbonyl (C=O) groups excluding carboxylic acids is 1. The second-order valence-corrected chi connectivity index (χ2v) is 5.33. The van der Waals surface area contributed by atoms with E-state index in [1.807, 2.05) is 36.2 Å². The van der Waals surface area contributed by atoms with Crippen molar-refractivity contribution in [1.82, 2.24) is 4.90 Å². The second kappa shape index (κ2) is 5.42. The zero-order valence-corrected chi connectivity index (χ0v) is 11.2. The van der Waals surface area contributed by atoms with Crippen LogP contribution in [0.3, 0.4) is 0 Å². The Morgan fingerprint density at radius 1 is 1.50 bits per heavy atom. The fourth-order valence-corrected chi connectivity index (χ4v) is 2.30. The van der Waals surface area contributed by atoms with E-state index < -0.39 is 0 Å².